The lowest BCUT2D eigenvalue weighted by molar-refractivity contribution is -0.140. The van der Waals surface area contributed by atoms with Crippen LogP contribution in [-0.2, 0) is 14.3 Å². The fourth-order valence-corrected chi connectivity index (χ4v) is 2.90. The Bertz CT molecular complexity index is 325. The number of ether oxygens (including phenoxy) is 2. The summed E-state index contributed by atoms with van der Waals surface area (Å²) in [5.41, 5.74) is 0. The van der Waals surface area contributed by atoms with Crippen molar-refractivity contribution < 1.29 is 14.3 Å². The Balaban J connectivity index is 1.80. The molecule has 3 heteroatoms. The maximum atomic E-state index is 11.0. The van der Waals surface area contributed by atoms with Crippen molar-refractivity contribution in [2.45, 2.75) is 103 Å². The van der Waals surface area contributed by atoms with Crippen molar-refractivity contribution in [2.75, 3.05) is 7.11 Å². The van der Waals surface area contributed by atoms with Gasteiger partial charge in [-0.1, -0.05) is 76.9 Å². The van der Waals surface area contributed by atoms with E-state index in [1.165, 1.54) is 71.3 Å². The molecule has 0 saturated carbocycles. The predicted octanol–water partition coefficient (Wildman–Crippen LogP) is 5.57. The molecular weight excluding hydrogens is 288 g/mol. The number of unbranched alkanes of at least 4 members (excludes halogenated alkanes) is 10. The second-order valence-electron chi connectivity index (χ2n) is 6.65. The molecule has 1 aliphatic rings. The van der Waals surface area contributed by atoms with Gasteiger partial charge in [-0.2, -0.15) is 0 Å². The number of allylic oxidation sites excluding steroid dienone is 1. The summed E-state index contributed by atoms with van der Waals surface area (Å²) in [7, 11) is 1.43. The molecule has 1 rings (SSSR count). The summed E-state index contributed by atoms with van der Waals surface area (Å²) < 4.78 is 10.1. The van der Waals surface area contributed by atoms with Crippen LogP contribution in [0.1, 0.15) is 90.4 Å². The van der Waals surface area contributed by atoms with Crippen molar-refractivity contribution >= 4 is 5.97 Å². The van der Waals surface area contributed by atoms with Crippen LogP contribution < -0.4 is 0 Å². The normalized spacial score (nSPS) is 20.1. The van der Waals surface area contributed by atoms with Gasteiger partial charge in [0.1, 0.15) is 6.10 Å². The molecule has 0 amide bonds. The molecule has 0 aromatic rings. The minimum absolute atomic E-state index is 0.145. The van der Waals surface area contributed by atoms with Gasteiger partial charge < -0.3 is 9.47 Å². The van der Waals surface area contributed by atoms with Crippen molar-refractivity contribution in [3.05, 3.63) is 12.2 Å². The van der Waals surface area contributed by atoms with Gasteiger partial charge >= 0.3 is 5.97 Å². The van der Waals surface area contributed by atoms with Crippen molar-refractivity contribution in [1.82, 2.24) is 0 Å². The molecule has 134 valence electrons. The Labute approximate surface area is 142 Å². The summed E-state index contributed by atoms with van der Waals surface area (Å²) in [5.74, 6) is -0.145. The topological polar surface area (TPSA) is 38.8 Å². The largest absolute Gasteiger partial charge is 0.469 e. The number of methoxy groups -OCH3 is 1. The van der Waals surface area contributed by atoms with E-state index in [9.17, 15) is 4.79 Å². The van der Waals surface area contributed by atoms with E-state index >= 15 is 0 Å². The fourth-order valence-electron chi connectivity index (χ4n) is 2.90. The van der Waals surface area contributed by atoms with Crippen LogP contribution in [0.4, 0.5) is 0 Å². The van der Waals surface area contributed by atoms with Crippen LogP contribution in [0.15, 0.2) is 12.2 Å². The van der Waals surface area contributed by atoms with E-state index in [1.807, 2.05) is 0 Å². The first-order valence-electron chi connectivity index (χ1n) is 9.67. The van der Waals surface area contributed by atoms with Gasteiger partial charge in [0, 0.05) is 6.42 Å². The molecule has 0 unspecified atom stereocenters. The van der Waals surface area contributed by atoms with Crippen LogP contribution in [0.3, 0.4) is 0 Å². The number of hydrogen-bond donors (Lipinski definition) is 0. The number of hydrogen-bond acceptors (Lipinski definition) is 3. The number of rotatable bonds is 15. The Morgan fingerprint density at radius 1 is 1.00 bits per heavy atom. The molecular formula is C20H36O3. The maximum Gasteiger partial charge on any atom is 0.305 e. The highest BCUT2D eigenvalue weighted by Crippen LogP contribution is 2.28. The first kappa shape index (κ1) is 20.2. The van der Waals surface area contributed by atoms with E-state index in [4.69, 9.17) is 4.74 Å². The number of esters is 1. The minimum Gasteiger partial charge on any atom is -0.469 e. The Morgan fingerprint density at radius 2 is 1.61 bits per heavy atom. The van der Waals surface area contributed by atoms with E-state index in [0.29, 0.717) is 6.42 Å². The van der Waals surface area contributed by atoms with E-state index in [0.717, 1.165) is 12.8 Å². The molecule has 0 bridgehead atoms. The molecule has 0 aromatic carbocycles. The summed E-state index contributed by atoms with van der Waals surface area (Å²) in [6.07, 6.45) is 21.1. The van der Waals surface area contributed by atoms with Gasteiger partial charge in [-0.15, -0.1) is 0 Å². The van der Waals surface area contributed by atoms with E-state index in [1.54, 1.807) is 0 Å². The first-order valence-corrected chi connectivity index (χ1v) is 9.67. The van der Waals surface area contributed by atoms with Gasteiger partial charge in [-0.3, -0.25) is 4.79 Å². The smallest absolute Gasteiger partial charge is 0.305 e. The molecule has 2 atom stereocenters. The first-order chi connectivity index (χ1) is 11.3. The van der Waals surface area contributed by atoms with Crippen LogP contribution in [0.2, 0.25) is 0 Å². The molecule has 3 nitrogen and oxygen atoms in total. The molecule has 1 heterocycles. The van der Waals surface area contributed by atoms with Crippen LogP contribution in [0.25, 0.3) is 0 Å². The summed E-state index contributed by atoms with van der Waals surface area (Å²) in [4.78, 5) is 11.0. The van der Waals surface area contributed by atoms with Crippen LogP contribution in [0.5, 0.6) is 0 Å². The number of carbonyl (C=O) groups is 1. The van der Waals surface area contributed by atoms with Crippen molar-refractivity contribution in [1.29, 1.82) is 0 Å². The van der Waals surface area contributed by atoms with Gasteiger partial charge in [-0.05, 0) is 19.3 Å². The average Bonchev–Trinajstić information content (AvgIpc) is 3.32. The highest BCUT2D eigenvalue weighted by atomic mass is 16.6. The third-order valence-corrected chi connectivity index (χ3v) is 4.53. The third-order valence-electron chi connectivity index (χ3n) is 4.53. The Hall–Kier alpha value is -0.830. The van der Waals surface area contributed by atoms with Crippen molar-refractivity contribution in [2.24, 2.45) is 0 Å². The highest BCUT2D eigenvalue weighted by Gasteiger charge is 2.36. The molecule has 0 radical (unpaired) electrons. The summed E-state index contributed by atoms with van der Waals surface area (Å²) in [5, 5.41) is 0. The summed E-state index contributed by atoms with van der Waals surface area (Å²) >= 11 is 0. The molecule has 0 N–H and O–H groups in total. The summed E-state index contributed by atoms with van der Waals surface area (Å²) in [6, 6.07) is 0. The lowest BCUT2D eigenvalue weighted by atomic mass is 10.1. The molecule has 1 saturated heterocycles. The Morgan fingerprint density at radius 3 is 2.22 bits per heavy atom. The lowest BCUT2D eigenvalue weighted by Gasteiger charge is -2.01. The van der Waals surface area contributed by atoms with Gasteiger partial charge in [-0.25, -0.2) is 0 Å². The zero-order valence-corrected chi connectivity index (χ0v) is 15.2. The van der Waals surface area contributed by atoms with Crippen molar-refractivity contribution in [3.8, 4) is 0 Å². The second-order valence-corrected chi connectivity index (χ2v) is 6.65. The van der Waals surface area contributed by atoms with Crippen molar-refractivity contribution in [3.63, 3.8) is 0 Å². The quantitative estimate of drug-likeness (QED) is 0.171. The average molecular weight is 325 g/mol. The number of carbonyl (C=O) groups excluding carboxylic acids is 1. The van der Waals surface area contributed by atoms with Crippen LogP contribution in [-0.4, -0.2) is 25.3 Å². The SMILES string of the molecule is CCCCCCCCCCCC/C=C\[C@H]1O[C@@H]1CCC(=O)OC. The zero-order valence-electron chi connectivity index (χ0n) is 15.2. The van der Waals surface area contributed by atoms with Gasteiger partial charge in [0.05, 0.1) is 13.2 Å². The molecule has 0 aliphatic carbocycles. The van der Waals surface area contributed by atoms with Crippen LogP contribution >= 0.6 is 0 Å². The standard InChI is InChI=1S/C20H36O3/c1-3-4-5-6-7-8-9-10-11-12-13-14-15-18-19(23-18)16-17-20(21)22-2/h14-15,18-19H,3-13,16-17H2,1-2H3/b15-14-/t18-,19-/m1/s1. The zero-order chi connectivity index (χ0) is 16.8. The van der Waals surface area contributed by atoms with E-state index in [-0.39, 0.29) is 18.2 Å². The Kier molecular flexibility index (Phi) is 11.9. The molecule has 1 aliphatic heterocycles. The molecule has 0 aromatic heterocycles. The van der Waals surface area contributed by atoms with E-state index in [2.05, 4.69) is 23.8 Å². The number of epoxide rings is 1. The second kappa shape index (κ2) is 13.6. The molecule has 0 spiro atoms. The maximum absolute atomic E-state index is 11.0. The molecule has 23 heavy (non-hydrogen) atoms. The van der Waals surface area contributed by atoms with Gasteiger partial charge in [0.15, 0.2) is 0 Å². The summed E-state index contributed by atoms with van der Waals surface area (Å²) in [6.45, 7) is 2.27. The van der Waals surface area contributed by atoms with Gasteiger partial charge in [0.2, 0.25) is 0 Å². The molecule has 1 fully saturated rings. The predicted molar refractivity (Wildman–Crippen MR) is 95.5 cm³/mol. The lowest BCUT2D eigenvalue weighted by Crippen LogP contribution is -2.02. The third kappa shape index (κ3) is 11.4. The van der Waals surface area contributed by atoms with E-state index < -0.39 is 0 Å². The fraction of sp³-hybridized carbons (Fsp3) is 0.850. The highest BCUT2D eigenvalue weighted by molar-refractivity contribution is 5.69. The van der Waals surface area contributed by atoms with Crippen LogP contribution in [0, 0.1) is 0 Å². The minimum atomic E-state index is -0.145. The monoisotopic (exact) mass is 324 g/mol. The van der Waals surface area contributed by atoms with Gasteiger partial charge in [0.25, 0.3) is 0 Å².